The second-order valence-electron chi connectivity index (χ2n) is 5.24. The molecule has 0 saturated carbocycles. The van der Waals surface area contributed by atoms with E-state index in [0.29, 0.717) is 39.2 Å². The summed E-state index contributed by atoms with van der Waals surface area (Å²) in [6, 6.07) is 10.00. The molecule has 0 atom stereocenters. The van der Waals surface area contributed by atoms with E-state index in [1.54, 1.807) is 36.4 Å². The van der Waals surface area contributed by atoms with Gasteiger partial charge in [-0.3, -0.25) is 9.59 Å². The van der Waals surface area contributed by atoms with E-state index >= 15 is 0 Å². The molecule has 1 aliphatic rings. The molecule has 2 aromatic carbocycles. The zero-order valence-corrected chi connectivity index (χ0v) is 12.5. The second kappa shape index (κ2) is 4.71. The van der Waals surface area contributed by atoms with Crippen molar-refractivity contribution < 1.29 is 18.7 Å². The lowest BCUT2D eigenvalue weighted by molar-refractivity contribution is 0.102. The first-order valence-electron chi connectivity index (χ1n) is 7.02. The van der Waals surface area contributed by atoms with Crippen molar-refractivity contribution in [1.82, 2.24) is 0 Å². The first-order chi connectivity index (χ1) is 11.1. The van der Waals surface area contributed by atoms with Gasteiger partial charge >= 0.3 is 0 Å². The Balaban J connectivity index is 2.06. The molecular formula is C18H12O5. The minimum atomic E-state index is -0.310. The summed E-state index contributed by atoms with van der Waals surface area (Å²) in [4.78, 5) is 25.4. The van der Waals surface area contributed by atoms with Crippen molar-refractivity contribution in [3.8, 4) is 22.6 Å². The van der Waals surface area contributed by atoms with Crippen LogP contribution < -0.4 is 14.9 Å². The van der Waals surface area contributed by atoms with Gasteiger partial charge in [-0.05, 0) is 30.3 Å². The lowest BCUT2D eigenvalue weighted by Crippen LogP contribution is -2.07. The predicted molar refractivity (Wildman–Crippen MR) is 84.5 cm³/mol. The average molecular weight is 308 g/mol. The number of methoxy groups -OCH3 is 2. The Morgan fingerprint density at radius 2 is 1.57 bits per heavy atom. The third-order valence-electron chi connectivity index (χ3n) is 4.05. The Morgan fingerprint density at radius 1 is 0.870 bits per heavy atom. The van der Waals surface area contributed by atoms with Crippen LogP contribution in [0.2, 0.25) is 0 Å². The minimum absolute atomic E-state index is 0.0685. The minimum Gasteiger partial charge on any atom is -0.497 e. The van der Waals surface area contributed by atoms with Crippen molar-refractivity contribution in [3.63, 3.8) is 0 Å². The molecule has 0 bridgehead atoms. The highest BCUT2D eigenvalue weighted by Gasteiger charge is 2.33. The van der Waals surface area contributed by atoms with Crippen molar-refractivity contribution in [2.75, 3.05) is 14.2 Å². The predicted octanol–water partition coefficient (Wildman–Crippen LogP) is 3.02. The number of benzene rings is 2. The van der Waals surface area contributed by atoms with Gasteiger partial charge in [0.25, 0.3) is 0 Å². The van der Waals surface area contributed by atoms with Gasteiger partial charge in [-0.2, -0.15) is 0 Å². The average Bonchev–Trinajstić information content (AvgIpc) is 2.87. The highest BCUT2D eigenvalue weighted by atomic mass is 16.5. The van der Waals surface area contributed by atoms with Gasteiger partial charge in [0.05, 0.1) is 25.2 Å². The third kappa shape index (κ3) is 1.80. The van der Waals surface area contributed by atoms with Crippen molar-refractivity contribution in [1.29, 1.82) is 0 Å². The normalized spacial score (nSPS) is 12.2. The van der Waals surface area contributed by atoms with Gasteiger partial charge in [0, 0.05) is 17.2 Å². The molecule has 23 heavy (non-hydrogen) atoms. The Bertz CT molecular complexity index is 1030. The van der Waals surface area contributed by atoms with Crippen molar-refractivity contribution in [2.24, 2.45) is 0 Å². The fraction of sp³-hybridized carbons (Fsp3) is 0.111. The Kier molecular flexibility index (Phi) is 2.78. The SMILES string of the molecule is COc1ccc2c(c1)C(=O)c1oc3cc(OC)ccc3c(=O)c1-2. The van der Waals surface area contributed by atoms with E-state index in [4.69, 9.17) is 13.9 Å². The summed E-state index contributed by atoms with van der Waals surface area (Å²) in [5, 5.41) is 0.418. The summed E-state index contributed by atoms with van der Waals surface area (Å²) in [6.07, 6.45) is 0. The summed E-state index contributed by atoms with van der Waals surface area (Å²) in [6.45, 7) is 0. The number of ketones is 1. The molecule has 114 valence electrons. The topological polar surface area (TPSA) is 65.7 Å². The molecule has 0 N–H and O–H groups in total. The lowest BCUT2D eigenvalue weighted by atomic mass is 10.0. The molecule has 5 heteroatoms. The fourth-order valence-electron chi connectivity index (χ4n) is 2.88. The molecule has 4 rings (SSSR count). The number of carbonyl (C=O) groups is 1. The molecule has 0 radical (unpaired) electrons. The first kappa shape index (κ1) is 13.6. The summed E-state index contributed by atoms with van der Waals surface area (Å²) >= 11 is 0. The third-order valence-corrected chi connectivity index (χ3v) is 4.05. The number of hydrogen-bond donors (Lipinski definition) is 0. The van der Waals surface area contributed by atoms with Gasteiger partial charge in [-0.15, -0.1) is 0 Å². The number of carbonyl (C=O) groups excluding carboxylic acids is 1. The van der Waals surface area contributed by atoms with Gasteiger partial charge < -0.3 is 13.9 Å². The number of fused-ring (bicyclic) bond motifs is 4. The molecule has 0 aliphatic heterocycles. The van der Waals surface area contributed by atoms with Gasteiger partial charge in [-0.1, -0.05) is 0 Å². The van der Waals surface area contributed by atoms with Crippen LogP contribution >= 0.6 is 0 Å². The van der Waals surface area contributed by atoms with Crippen LogP contribution in [0.1, 0.15) is 16.1 Å². The standard InChI is InChI=1S/C18H12O5/c1-21-9-3-5-11-13(7-9)17(20)18-15(11)16(19)12-6-4-10(22-2)8-14(12)23-18/h3-8H,1-2H3. The van der Waals surface area contributed by atoms with E-state index in [1.807, 2.05) is 0 Å². The van der Waals surface area contributed by atoms with Crippen LogP contribution in [0.25, 0.3) is 22.1 Å². The van der Waals surface area contributed by atoms with Crippen LogP contribution in [-0.2, 0) is 0 Å². The molecule has 1 aromatic heterocycles. The van der Waals surface area contributed by atoms with E-state index in [2.05, 4.69) is 0 Å². The molecular weight excluding hydrogens is 296 g/mol. The summed E-state index contributed by atoms with van der Waals surface area (Å²) < 4.78 is 16.0. The van der Waals surface area contributed by atoms with Gasteiger partial charge in [0.1, 0.15) is 17.1 Å². The van der Waals surface area contributed by atoms with E-state index in [9.17, 15) is 9.59 Å². The second-order valence-corrected chi connectivity index (χ2v) is 5.24. The van der Waals surface area contributed by atoms with Crippen LogP contribution in [-0.4, -0.2) is 20.0 Å². The molecule has 0 unspecified atom stereocenters. The molecule has 1 heterocycles. The van der Waals surface area contributed by atoms with Crippen LogP contribution in [0, 0.1) is 0 Å². The summed E-state index contributed by atoms with van der Waals surface area (Å²) in [5.41, 5.74) is 1.42. The van der Waals surface area contributed by atoms with Crippen molar-refractivity contribution in [3.05, 3.63) is 57.9 Å². The fourth-order valence-corrected chi connectivity index (χ4v) is 2.88. The molecule has 0 saturated heterocycles. The van der Waals surface area contributed by atoms with E-state index in [0.717, 1.165) is 0 Å². The highest BCUT2D eigenvalue weighted by Crippen LogP contribution is 2.38. The largest absolute Gasteiger partial charge is 0.497 e. The molecule has 0 spiro atoms. The molecule has 3 aromatic rings. The maximum atomic E-state index is 12.8. The molecule has 0 amide bonds. The molecule has 1 aliphatic carbocycles. The van der Waals surface area contributed by atoms with E-state index in [1.165, 1.54) is 14.2 Å². The smallest absolute Gasteiger partial charge is 0.229 e. The van der Waals surface area contributed by atoms with Crippen molar-refractivity contribution >= 4 is 16.8 Å². The Hall–Kier alpha value is -3.08. The van der Waals surface area contributed by atoms with E-state index in [-0.39, 0.29) is 17.0 Å². The zero-order chi connectivity index (χ0) is 16.1. The number of hydrogen-bond acceptors (Lipinski definition) is 5. The molecule has 5 nitrogen and oxygen atoms in total. The van der Waals surface area contributed by atoms with Gasteiger partial charge in [0.2, 0.25) is 11.2 Å². The Morgan fingerprint density at radius 3 is 2.30 bits per heavy atom. The maximum Gasteiger partial charge on any atom is 0.229 e. The van der Waals surface area contributed by atoms with Crippen LogP contribution in [0.15, 0.2) is 45.6 Å². The van der Waals surface area contributed by atoms with Crippen LogP contribution in [0.4, 0.5) is 0 Å². The number of ether oxygens (including phenoxy) is 2. The zero-order valence-electron chi connectivity index (χ0n) is 12.5. The summed E-state index contributed by atoms with van der Waals surface area (Å²) in [5.74, 6) is 0.878. The highest BCUT2D eigenvalue weighted by molar-refractivity contribution is 6.20. The summed E-state index contributed by atoms with van der Waals surface area (Å²) in [7, 11) is 3.05. The number of rotatable bonds is 2. The first-order valence-corrected chi connectivity index (χ1v) is 7.02. The van der Waals surface area contributed by atoms with Gasteiger partial charge in [-0.25, -0.2) is 0 Å². The maximum absolute atomic E-state index is 12.8. The van der Waals surface area contributed by atoms with Crippen molar-refractivity contribution in [2.45, 2.75) is 0 Å². The monoisotopic (exact) mass is 308 g/mol. The van der Waals surface area contributed by atoms with E-state index < -0.39 is 0 Å². The van der Waals surface area contributed by atoms with Crippen LogP contribution in [0.3, 0.4) is 0 Å². The molecule has 0 fully saturated rings. The van der Waals surface area contributed by atoms with Crippen LogP contribution in [0.5, 0.6) is 11.5 Å². The Labute approximate surface area is 131 Å². The lowest BCUT2D eigenvalue weighted by Gasteiger charge is -2.04. The van der Waals surface area contributed by atoms with Gasteiger partial charge in [0.15, 0.2) is 5.76 Å². The quantitative estimate of drug-likeness (QED) is 0.569.